The van der Waals surface area contributed by atoms with Gasteiger partial charge in [-0.05, 0) is 30.9 Å². The molecule has 1 saturated heterocycles. The van der Waals surface area contributed by atoms with E-state index in [9.17, 15) is 0 Å². The van der Waals surface area contributed by atoms with Crippen LogP contribution in [0.5, 0.6) is 0 Å². The van der Waals surface area contributed by atoms with Crippen LogP contribution in [0.1, 0.15) is 19.3 Å². The van der Waals surface area contributed by atoms with Gasteiger partial charge in [0.25, 0.3) is 0 Å². The molecule has 0 unspecified atom stereocenters. The maximum atomic E-state index is 8.71. The Hall–Kier alpha value is -1.18. The minimum absolute atomic E-state index is 0.194. The second kappa shape index (κ2) is 8.18. The van der Waals surface area contributed by atoms with E-state index < -0.39 is 0 Å². The summed E-state index contributed by atoms with van der Waals surface area (Å²) >= 11 is 5.94. The molecule has 0 spiro atoms. The Balaban J connectivity index is 1.90. The van der Waals surface area contributed by atoms with Gasteiger partial charge in [-0.3, -0.25) is 0 Å². The number of nitrogens with zero attached hydrogens (tertiary/aromatic N) is 4. The molecule has 1 aromatic rings. The van der Waals surface area contributed by atoms with Gasteiger partial charge in [-0.25, -0.2) is 0 Å². The molecule has 0 aromatic carbocycles. The topological polar surface area (TPSA) is 83.4 Å². The normalized spacial score (nSPS) is 15.4. The van der Waals surface area contributed by atoms with Gasteiger partial charge in [0.2, 0.25) is 17.2 Å². The van der Waals surface area contributed by atoms with Crippen LogP contribution in [0.4, 0.5) is 11.9 Å². The number of anilines is 2. The predicted molar refractivity (Wildman–Crippen MR) is 77.3 cm³/mol. The number of ether oxygens (including phenoxy) is 1. The summed E-state index contributed by atoms with van der Waals surface area (Å²) in [6, 6.07) is 0. The minimum Gasteiger partial charge on any atom is -0.396 e. The average Bonchev–Trinajstić information content (AvgIpc) is 2.47. The number of hydrogen-bond donors (Lipinski definition) is 2. The summed E-state index contributed by atoms with van der Waals surface area (Å²) in [6.45, 7) is 3.86. The highest BCUT2D eigenvalue weighted by atomic mass is 35.5. The van der Waals surface area contributed by atoms with Crippen LogP contribution in [-0.4, -0.2) is 59.5 Å². The van der Waals surface area contributed by atoms with E-state index >= 15 is 0 Å². The summed E-state index contributed by atoms with van der Waals surface area (Å²) in [5, 5.41) is 12.0. The molecule has 1 fully saturated rings. The zero-order valence-corrected chi connectivity index (χ0v) is 12.1. The molecule has 1 aliphatic rings. The van der Waals surface area contributed by atoms with Gasteiger partial charge in [0.05, 0.1) is 13.2 Å². The zero-order valence-electron chi connectivity index (χ0n) is 11.4. The summed E-state index contributed by atoms with van der Waals surface area (Å²) in [5.74, 6) is 1.08. The van der Waals surface area contributed by atoms with Gasteiger partial charge in [-0.1, -0.05) is 0 Å². The highest BCUT2D eigenvalue weighted by Gasteiger charge is 2.15. The number of aromatic nitrogens is 3. The van der Waals surface area contributed by atoms with E-state index in [1.807, 2.05) is 4.90 Å². The van der Waals surface area contributed by atoms with Crippen molar-refractivity contribution in [2.45, 2.75) is 19.3 Å². The molecule has 1 aromatic heterocycles. The summed E-state index contributed by atoms with van der Waals surface area (Å²) in [7, 11) is 0. The number of rotatable bonds is 7. The third-order valence-corrected chi connectivity index (χ3v) is 3.18. The second-order valence-electron chi connectivity index (χ2n) is 4.54. The van der Waals surface area contributed by atoms with E-state index in [4.69, 9.17) is 21.4 Å². The first-order valence-corrected chi connectivity index (χ1v) is 7.26. The SMILES string of the molecule is OCCCCCNc1nc(Cl)nc(N2CCOCC2)n1. The van der Waals surface area contributed by atoms with Gasteiger partial charge in [0, 0.05) is 26.2 Å². The fourth-order valence-electron chi connectivity index (χ4n) is 1.94. The van der Waals surface area contributed by atoms with Crippen molar-refractivity contribution in [3.8, 4) is 0 Å². The zero-order chi connectivity index (χ0) is 14.2. The van der Waals surface area contributed by atoms with Crippen molar-refractivity contribution in [1.29, 1.82) is 0 Å². The van der Waals surface area contributed by atoms with Gasteiger partial charge < -0.3 is 20.1 Å². The quantitative estimate of drug-likeness (QED) is 0.725. The highest BCUT2D eigenvalue weighted by molar-refractivity contribution is 6.28. The minimum atomic E-state index is 0.194. The molecule has 0 aliphatic carbocycles. The predicted octanol–water partition coefficient (Wildman–Crippen LogP) is 0.936. The third kappa shape index (κ3) is 4.73. The molecule has 7 nitrogen and oxygen atoms in total. The first-order valence-electron chi connectivity index (χ1n) is 6.88. The van der Waals surface area contributed by atoms with Crippen LogP contribution in [0.25, 0.3) is 0 Å². The summed E-state index contributed by atoms with van der Waals surface area (Å²) in [5.41, 5.74) is 0. The molecule has 0 atom stereocenters. The Morgan fingerprint density at radius 2 is 1.95 bits per heavy atom. The van der Waals surface area contributed by atoms with Gasteiger partial charge in [-0.2, -0.15) is 15.0 Å². The first kappa shape index (κ1) is 15.2. The van der Waals surface area contributed by atoms with Crippen molar-refractivity contribution in [2.24, 2.45) is 0 Å². The monoisotopic (exact) mass is 301 g/mol. The van der Waals surface area contributed by atoms with E-state index in [1.165, 1.54) is 0 Å². The first-order chi connectivity index (χ1) is 9.79. The number of halogens is 1. The van der Waals surface area contributed by atoms with E-state index in [0.717, 1.165) is 38.9 Å². The van der Waals surface area contributed by atoms with Crippen LogP contribution in [0.3, 0.4) is 0 Å². The summed E-state index contributed by atoms with van der Waals surface area (Å²) < 4.78 is 5.30. The van der Waals surface area contributed by atoms with E-state index in [-0.39, 0.29) is 11.9 Å². The molecule has 0 bridgehead atoms. The van der Waals surface area contributed by atoms with Crippen molar-refractivity contribution in [2.75, 3.05) is 49.7 Å². The number of aliphatic hydroxyl groups excluding tert-OH is 1. The number of unbranched alkanes of at least 4 members (excludes halogenated alkanes) is 2. The number of aliphatic hydroxyl groups is 1. The molecule has 112 valence electrons. The maximum Gasteiger partial charge on any atom is 0.231 e. The third-order valence-electron chi connectivity index (χ3n) is 3.01. The molecule has 2 heterocycles. The van der Waals surface area contributed by atoms with Crippen LogP contribution < -0.4 is 10.2 Å². The lowest BCUT2D eigenvalue weighted by Crippen LogP contribution is -2.37. The van der Waals surface area contributed by atoms with Gasteiger partial charge in [0.1, 0.15) is 0 Å². The van der Waals surface area contributed by atoms with Crippen molar-refractivity contribution in [3.05, 3.63) is 5.28 Å². The molecular weight excluding hydrogens is 282 g/mol. The molecular formula is C12H20ClN5O2. The Labute approximate surface area is 123 Å². The Morgan fingerprint density at radius 1 is 1.15 bits per heavy atom. The molecule has 20 heavy (non-hydrogen) atoms. The van der Waals surface area contributed by atoms with Crippen LogP contribution in [0, 0.1) is 0 Å². The number of nitrogens with one attached hydrogen (secondary N) is 1. The maximum absolute atomic E-state index is 8.71. The summed E-state index contributed by atoms with van der Waals surface area (Å²) in [6.07, 6.45) is 2.74. The lowest BCUT2D eigenvalue weighted by molar-refractivity contribution is 0.122. The molecule has 0 radical (unpaired) electrons. The molecule has 2 rings (SSSR count). The van der Waals surface area contributed by atoms with Crippen molar-refractivity contribution in [3.63, 3.8) is 0 Å². The Kier molecular flexibility index (Phi) is 6.23. The van der Waals surface area contributed by atoms with Crippen molar-refractivity contribution < 1.29 is 9.84 Å². The van der Waals surface area contributed by atoms with Crippen molar-refractivity contribution >= 4 is 23.5 Å². The van der Waals surface area contributed by atoms with E-state index in [0.29, 0.717) is 25.1 Å². The Bertz CT molecular complexity index is 415. The lowest BCUT2D eigenvalue weighted by atomic mass is 10.2. The van der Waals surface area contributed by atoms with Crippen LogP contribution in [-0.2, 0) is 4.74 Å². The molecule has 0 saturated carbocycles. The van der Waals surface area contributed by atoms with Gasteiger partial charge in [0.15, 0.2) is 0 Å². The van der Waals surface area contributed by atoms with Crippen molar-refractivity contribution in [1.82, 2.24) is 15.0 Å². The van der Waals surface area contributed by atoms with E-state index in [2.05, 4.69) is 20.3 Å². The molecule has 0 amide bonds. The van der Waals surface area contributed by atoms with Crippen LogP contribution in [0.2, 0.25) is 5.28 Å². The fourth-order valence-corrected chi connectivity index (χ4v) is 2.09. The molecule has 1 aliphatic heterocycles. The smallest absolute Gasteiger partial charge is 0.231 e. The summed E-state index contributed by atoms with van der Waals surface area (Å²) in [4.78, 5) is 14.6. The largest absolute Gasteiger partial charge is 0.396 e. The van der Waals surface area contributed by atoms with Crippen LogP contribution >= 0.6 is 11.6 Å². The fraction of sp³-hybridized carbons (Fsp3) is 0.750. The number of morpholine rings is 1. The van der Waals surface area contributed by atoms with E-state index in [1.54, 1.807) is 0 Å². The molecule has 2 N–H and O–H groups in total. The van der Waals surface area contributed by atoms with Gasteiger partial charge >= 0.3 is 0 Å². The number of hydrogen-bond acceptors (Lipinski definition) is 7. The molecule has 8 heteroatoms. The highest BCUT2D eigenvalue weighted by Crippen LogP contribution is 2.15. The second-order valence-corrected chi connectivity index (χ2v) is 4.88. The standard InChI is InChI=1S/C12H20ClN5O2/c13-10-15-11(14-4-2-1-3-7-19)17-12(16-10)18-5-8-20-9-6-18/h19H,1-9H2,(H,14,15,16,17). The average molecular weight is 302 g/mol. The lowest BCUT2D eigenvalue weighted by Gasteiger charge is -2.26. The Morgan fingerprint density at radius 3 is 2.70 bits per heavy atom. The van der Waals surface area contributed by atoms with Gasteiger partial charge in [-0.15, -0.1) is 0 Å². The van der Waals surface area contributed by atoms with Crippen LogP contribution in [0.15, 0.2) is 0 Å².